The number of aromatic nitrogens is 3. The number of carbonyl (C=O) groups excluding carboxylic acids is 4. The third-order valence-electron chi connectivity index (χ3n) is 11.0. The van der Waals surface area contributed by atoms with Crippen molar-refractivity contribution >= 4 is 52.4 Å². The number of nitrogens with zero attached hydrogens (tertiary/aromatic N) is 2. The number of aromatic amines is 2. The Balaban J connectivity index is 1.20. The van der Waals surface area contributed by atoms with Crippen molar-refractivity contribution in [1.29, 1.82) is 0 Å². The molecule has 0 saturated carbocycles. The molecule has 21 heteroatoms. The number of hydrogen-bond acceptors (Lipinski definition) is 12. The number of H-pyrrole nitrogens is 2. The van der Waals surface area contributed by atoms with E-state index in [9.17, 15) is 48.9 Å². The average molecular weight is 876 g/mol. The molecule has 0 spiro atoms. The number of urea groups is 1. The van der Waals surface area contributed by atoms with Gasteiger partial charge in [0.2, 0.25) is 23.9 Å². The number of benzene rings is 2. The van der Waals surface area contributed by atoms with E-state index in [1.165, 1.54) is 23.7 Å². The second kappa shape index (κ2) is 19.9. The maximum atomic E-state index is 14.1. The first-order valence-electron chi connectivity index (χ1n) is 19.7. The summed E-state index contributed by atoms with van der Waals surface area (Å²) in [6.07, 6.45) is 3.42. The summed E-state index contributed by atoms with van der Waals surface area (Å²) in [5, 5.41) is 45.2. The first kappa shape index (κ1) is 45.0. The first-order chi connectivity index (χ1) is 29.6. The number of phenols is 1. The van der Waals surface area contributed by atoms with Crippen LogP contribution in [-0.2, 0) is 43.3 Å². The molecule has 2 aliphatic heterocycles. The number of phenolic OH excluding ortho intramolecular Hbond substituents is 1. The number of amides is 5. The summed E-state index contributed by atoms with van der Waals surface area (Å²) in [6, 6.07) is 6.63. The number of thioether (sulfide) groups is 1. The number of aliphatic carboxylic acids is 1. The fourth-order valence-electron chi connectivity index (χ4n) is 7.41. The molecule has 0 bridgehead atoms. The second-order valence-corrected chi connectivity index (χ2v) is 16.0. The Morgan fingerprint density at radius 1 is 1.02 bits per heavy atom. The lowest BCUT2D eigenvalue weighted by Gasteiger charge is -2.36. The summed E-state index contributed by atoms with van der Waals surface area (Å²) in [6.45, 7) is 1.76. The average Bonchev–Trinajstić information content (AvgIpc) is 3.84. The maximum absolute atomic E-state index is 14.1. The molecular formula is C41H49N9O11S. The molecule has 5 amide bonds. The summed E-state index contributed by atoms with van der Waals surface area (Å²) in [7, 11) is 1.47. The molecule has 0 radical (unpaired) electrons. The molecule has 62 heavy (non-hydrogen) atoms. The minimum absolute atomic E-state index is 0.0567. The number of hydrogen-bond donors (Lipinski definition) is 10. The summed E-state index contributed by atoms with van der Waals surface area (Å²) in [4.78, 5) is 98.3. The van der Waals surface area contributed by atoms with Crippen LogP contribution in [0.4, 0.5) is 4.79 Å². The molecule has 1 saturated heterocycles. The summed E-state index contributed by atoms with van der Waals surface area (Å²) in [5.74, 6) is -2.80. The molecule has 0 aliphatic carbocycles. The minimum Gasteiger partial charge on any atom is -0.508 e. The van der Waals surface area contributed by atoms with Gasteiger partial charge in [-0.2, -0.15) is 11.8 Å². The molecule has 4 aromatic rings. The summed E-state index contributed by atoms with van der Waals surface area (Å²) >= 11 is 1.39. The topological polar surface area (TPSA) is 289 Å². The predicted molar refractivity (Wildman–Crippen MR) is 227 cm³/mol. The molecule has 330 valence electrons. The minimum atomic E-state index is -1.47. The number of aromatic hydroxyl groups is 1. The highest BCUT2D eigenvalue weighted by atomic mass is 32.2. The number of carbonyl (C=O) groups is 5. The van der Waals surface area contributed by atoms with Crippen molar-refractivity contribution in [3.8, 4) is 5.75 Å². The van der Waals surface area contributed by atoms with Crippen LogP contribution in [0.1, 0.15) is 42.7 Å². The SMILES string of the molecule is CSCC[C@H](NC(=O)N[C@@H](Cc1c[nH]c2ccccc12)C(=O)O)C(=O)N[C@H](C(=O)N/C=C1/C[C@@H](O)[C@H](n2ccc(=O)[nH]c2=O)O1)[C@H](C)N(C)C(=O)C1Cc2cccc(O)c2CN1. The molecule has 2 aromatic heterocycles. The smallest absolute Gasteiger partial charge is 0.331 e. The number of aliphatic hydroxyl groups is 1. The van der Waals surface area contributed by atoms with E-state index < -0.39 is 83.5 Å². The number of nitrogens with one attached hydrogen (secondary N) is 7. The molecule has 1 unspecified atom stereocenters. The number of aliphatic hydroxyl groups excluding tert-OH is 1. The van der Waals surface area contributed by atoms with Crippen molar-refractivity contribution in [2.24, 2.45) is 0 Å². The van der Waals surface area contributed by atoms with Gasteiger partial charge in [-0.25, -0.2) is 14.4 Å². The van der Waals surface area contributed by atoms with Crippen LogP contribution in [-0.4, -0.2) is 120 Å². The van der Waals surface area contributed by atoms with Crippen LogP contribution < -0.4 is 37.8 Å². The molecule has 2 aliphatic rings. The lowest BCUT2D eigenvalue weighted by Crippen LogP contribution is -2.62. The highest BCUT2D eigenvalue weighted by molar-refractivity contribution is 7.98. The Bertz CT molecular complexity index is 2470. The van der Waals surface area contributed by atoms with E-state index >= 15 is 0 Å². The number of likely N-dealkylation sites (N-methyl/N-ethyl adjacent to an activating group) is 1. The number of fused-ring (bicyclic) bond motifs is 2. The Labute approximate surface area is 358 Å². The van der Waals surface area contributed by atoms with Gasteiger partial charge < -0.3 is 56.5 Å². The van der Waals surface area contributed by atoms with Crippen molar-refractivity contribution in [1.82, 2.24) is 46.0 Å². The molecule has 7 atom stereocenters. The quantitative estimate of drug-likeness (QED) is 0.0717. The standard InChI is InChI=1S/C41H49N9O11S/c1-21(49(2)37(56)29-15-22-7-6-10-31(51)26(22)20-43-29)34(36(55)44-19-24-17-32(52)38(61-24)50-13-11-33(53)47-41(50)60)48-35(54)28(12-14-62-3)45-40(59)46-30(39(57)58)16-23-18-42-27-9-5-4-8-25(23)27/h4-11,13,18-19,21,28-30,32,34,38,42-43,51-52H,12,14-17,20H2,1-3H3,(H,44,55)(H,48,54)(H,57,58)(H2,45,46,59)(H,47,53,60)/b24-19-/t21-,28-,29?,30-,32+,34-,38+/m0/s1. The van der Waals surface area contributed by atoms with E-state index in [4.69, 9.17) is 4.74 Å². The van der Waals surface area contributed by atoms with E-state index in [0.29, 0.717) is 16.9 Å². The summed E-state index contributed by atoms with van der Waals surface area (Å²) < 4.78 is 6.73. The lowest BCUT2D eigenvalue weighted by molar-refractivity contribution is -0.139. The van der Waals surface area contributed by atoms with E-state index in [1.54, 1.807) is 31.5 Å². The van der Waals surface area contributed by atoms with Gasteiger partial charge >= 0.3 is 17.7 Å². The van der Waals surface area contributed by atoms with E-state index in [1.807, 2.05) is 30.3 Å². The third-order valence-corrected chi connectivity index (χ3v) is 11.6. The van der Waals surface area contributed by atoms with Gasteiger partial charge in [0.15, 0.2) is 0 Å². The van der Waals surface area contributed by atoms with E-state index in [-0.39, 0.29) is 43.7 Å². The van der Waals surface area contributed by atoms with Crippen LogP contribution >= 0.6 is 11.8 Å². The maximum Gasteiger partial charge on any atom is 0.331 e. The molecule has 20 nitrogen and oxygen atoms in total. The molecule has 10 N–H and O–H groups in total. The number of carboxylic acid groups (broad SMARTS) is 1. The summed E-state index contributed by atoms with van der Waals surface area (Å²) in [5.41, 5.74) is 1.42. The highest BCUT2D eigenvalue weighted by Gasteiger charge is 2.38. The molecule has 4 heterocycles. The molecular weight excluding hydrogens is 827 g/mol. The van der Waals surface area contributed by atoms with Crippen molar-refractivity contribution in [2.45, 2.75) is 81.7 Å². The van der Waals surface area contributed by atoms with Crippen LogP contribution in [0.25, 0.3) is 10.9 Å². The van der Waals surface area contributed by atoms with Crippen LogP contribution in [0, 0.1) is 0 Å². The highest BCUT2D eigenvalue weighted by Crippen LogP contribution is 2.30. The van der Waals surface area contributed by atoms with Gasteiger partial charge in [0, 0.05) is 67.6 Å². The van der Waals surface area contributed by atoms with Crippen LogP contribution in [0.15, 0.2) is 82.5 Å². The Hall–Kier alpha value is -6.58. The van der Waals surface area contributed by atoms with Crippen LogP contribution in [0.3, 0.4) is 0 Å². The number of rotatable bonds is 16. The number of carboxylic acids is 1. The van der Waals surface area contributed by atoms with Gasteiger partial charge in [-0.1, -0.05) is 30.3 Å². The largest absolute Gasteiger partial charge is 0.508 e. The molecule has 2 aromatic carbocycles. The molecule has 1 fully saturated rings. The first-order valence-corrected chi connectivity index (χ1v) is 21.1. The fraction of sp³-hybridized carbons (Fsp3) is 0.390. The van der Waals surface area contributed by atoms with E-state index in [0.717, 1.165) is 39.5 Å². The molecule has 6 rings (SSSR count). The fourth-order valence-corrected chi connectivity index (χ4v) is 7.89. The Kier molecular flexibility index (Phi) is 14.4. The van der Waals surface area contributed by atoms with Gasteiger partial charge in [0.05, 0.1) is 12.1 Å². The zero-order valence-corrected chi connectivity index (χ0v) is 34.9. The van der Waals surface area contributed by atoms with Crippen molar-refractivity contribution in [2.75, 3.05) is 19.1 Å². The zero-order chi connectivity index (χ0) is 44.7. The van der Waals surface area contributed by atoms with Crippen molar-refractivity contribution in [3.63, 3.8) is 0 Å². The Morgan fingerprint density at radius 3 is 2.52 bits per heavy atom. The number of ether oxygens (including phenoxy) is 1. The van der Waals surface area contributed by atoms with Crippen molar-refractivity contribution < 1.29 is 44.0 Å². The lowest BCUT2D eigenvalue weighted by atomic mass is 9.94. The van der Waals surface area contributed by atoms with Gasteiger partial charge in [0.25, 0.3) is 5.56 Å². The van der Waals surface area contributed by atoms with Crippen LogP contribution in [0.2, 0.25) is 0 Å². The monoisotopic (exact) mass is 875 g/mol. The van der Waals surface area contributed by atoms with Gasteiger partial charge in [0.1, 0.15) is 35.7 Å². The zero-order valence-electron chi connectivity index (χ0n) is 34.0. The van der Waals surface area contributed by atoms with Gasteiger partial charge in [-0.3, -0.25) is 28.7 Å². The second-order valence-electron chi connectivity index (χ2n) is 15.1. The van der Waals surface area contributed by atoms with E-state index in [2.05, 4.69) is 36.6 Å². The Morgan fingerprint density at radius 2 is 1.77 bits per heavy atom. The third kappa shape index (κ3) is 10.5. The van der Waals surface area contributed by atoms with Crippen LogP contribution in [0.5, 0.6) is 5.75 Å². The normalized spacial score (nSPS) is 19.6. The van der Waals surface area contributed by atoms with Crippen molar-refractivity contribution in [3.05, 3.63) is 110 Å². The van der Waals surface area contributed by atoms with Gasteiger partial charge in [-0.15, -0.1) is 0 Å². The van der Waals surface area contributed by atoms with Gasteiger partial charge in [-0.05, 0) is 55.0 Å². The predicted octanol–water partition coefficient (Wildman–Crippen LogP) is 0.124. The number of para-hydroxylation sites is 1.